The Morgan fingerprint density at radius 2 is 1.62 bits per heavy atom. The molecule has 12 atom stereocenters. The van der Waals surface area contributed by atoms with Gasteiger partial charge in [-0.3, -0.25) is 0 Å². The second-order valence-electron chi connectivity index (χ2n) is 9.06. The standard InChI is InChI=1S/C15H14S/c16-15-10-9-7-2-5-4-1-6-8-3-11(9,10)14(8,15)12(4,6)13(5,7)15/h4-10,16H,1-3H2. The molecule has 9 saturated carbocycles. The largest absolute Gasteiger partial charge is 0.171 e. The molecule has 0 aromatic heterocycles. The SMILES string of the molecule is SC12C3C4C5CC6C7CC8C9CC43C91C78C562. The van der Waals surface area contributed by atoms with Gasteiger partial charge in [0.15, 0.2) is 0 Å². The average molecular weight is 226 g/mol. The van der Waals surface area contributed by atoms with Crippen LogP contribution in [-0.4, -0.2) is 4.75 Å². The van der Waals surface area contributed by atoms with Crippen molar-refractivity contribution in [3.05, 3.63) is 0 Å². The summed E-state index contributed by atoms with van der Waals surface area (Å²) in [7, 11) is 0. The molecule has 16 heavy (non-hydrogen) atoms. The van der Waals surface area contributed by atoms with Crippen LogP contribution in [0.2, 0.25) is 0 Å². The van der Waals surface area contributed by atoms with Crippen LogP contribution in [0, 0.1) is 63.1 Å². The minimum atomic E-state index is 0.647. The smallest absolute Gasteiger partial charge is 0.0304 e. The van der Waals surface area contributed by atoms with E-state index in [4.69, 9.17) is 12.6 Å². The van der Waals surface area contributed by atoms with Crippen LogP contribution in [-0.2, 0) is 0 Å². The molecule has 9 aliphatic rings. The Kier molecular flexibility index (Phi) is 0.435. The number of rotatable bonds is 0. The molecule has 0 radical (unpaired) electrons. The van der Waals surface area contributed by atoms with Crippen LogP contribution in [0.4, 0.5) is 0 Å². The van der Waals surface area contributed by atoms with Gasteiger partial charge in [0, 0.05) is 10.2 Å². The summed E-state index contributed by atoms with van der Waals surface area (Å²) in [5.41, 5.74) is 3.76. The lowest BCUT2D eigenvalue weighted by molar-refractivity contribution is -0.673. The molecule has 1 heteroatoms. The van der Waals surface area contributed by atoms with Gasteiger partial charge in [-0.25, -0.2) is 0 Å². The normalized spacial score (nSPS) is 112. The molecular weight excluding hydrogens is 212 g/mol. The van der Waals surface area contributed by atoms with E-state index >= 15 is 0 Å². The van der Waals surface area contributed by atoms with Gasteiger partial charge in [-0.05, 0) is 76.9 Å². The molecule has 4 spiro atoms. The zero-order valence-electron chi connectivity index (χ0n) is 9.11. The van der Waals surface area contributed by atoms with E-state index < -0.39 is 0 Å². The fraction of sp³-hybridized carbons (Fsp3) is 1.00. The van der Waals surface area contributed by atoms with Gasteiger partial charge in [-0.2, -0.15) is 12.6 Å². The molecule has 9 fully saturated rings. The Balaban J connectivity index is 1.59. The molecule has 9 rings (SSSR count). The molecule has 9 aliphatic carbocycles. The number of hydrogen-bond donors (Lipinski definition) is 1. The molecule has 12 unspecified atom stereocenters. The second-order valence-corrected chi connectivity index (χ2v) is 9.77. The lowest BCUT2D eigenvalue weighted by Gasteiger charge is -3.17. The highest BCUT2D eigenvalue weighted by molar-refractivity contribution is 7.82. The van der Waals surface area contributed by atoms with Gasteiger partial charge in [0.25, 0.3) is 0 Å². The first-order chi connectivity index (χ1) is 7.79. The number of hydrogen-bond acceptors (Lipinski definition) is 1. The summed E-state index contributed by atoms with van der Waals surface area (Å²) in [5.74, 6) is 8.48. The molecule has 80 valence electrons. The van der Waals surface area contributed by atoms with Crippen LogP contribution in [0.1, 0.15) is 19.3 Å². The van der Waals surface area contributed by atoms with Crippen molar-refractivity contribution in [1.29, 1.82) is 0 Å². The van der Waals surface area contributed by atoms with E-state index in [1.165, 1.54) is 35.5 Å². The van der Waals surface area contributed by atoms with E-state index in [2.05, 4.69) is 0 Å². The van der Waals surface area contributed by atoms with E-state index in [1.807, 2.05) is 0 Å². The van der Waals surface area contributed by atoms with E-state index in [0.717, 1.165) is 27.6 Å². The number of fused-ring (bicyclic) bond motifs is 3. The van der Waals surface area contributed by atoms with Crippen LogP contribution in [0.25, 0.3) is 0 Å². The van der Waals surface area contributed by atoms with Gasteiger partial charge in [0.1, 0.15) is 0 Å². The summed E-state index contributed by atoms with van der Waals surface area (Å²) in [6.45, 7) is 0. The molecule has 0 aliphatic heterocycles. The van der Waals surface area contributed by atoms with Crippen molar-refractivity contribution in [2.45, 2.75) is 24.0 Å². The van der Waals surface area contributed by atoms with Crippen molar-refractivity contribution < 1.29 is 0 Å². The first-order valence-electron chi connectivity index (χ1n) is 7.51. The molecule has 0 amide bonds. The van der Waals surface area contributed by atoms with Gasteiger partial charge in [0.2, 0.25) is 0 Å². The molecule has 0 N–H and O–H groups in total. The van der Waals surface area contributed by atoms with E-state index in [9.17, 15) is 0 Å². The third-order valence-corrected chi connectivity index (χ3v) is 12.0. The maximum absolute atomic E-state index is 5.42. The van der Waals surface area contributed by atoms with Crippen LogP contribution < -0.4 is 0 Å². The van der Waals surface area contributed by atoms with Gasteiger partial charge >= 0.3 is 0 Å². The Labute approximate surface area is 100.0 Å². The van der Waals surface area contributed by atoms with Crippen molar-refractivity contribution in [2.75, 3.05) is 0 Å². The van der Waals surface area contributed by atoms with Crippen LogP contribution in [0.15, 0.2) is 0 Å². The molecular formula is C15H14S. The summed E-state index contributed by atoms with van der Waals surface area (Å²) in [4.78, 5) is 0. The predicted molar refractivity (Wildman–Crippen MR) is 59.7 cm³/mol. The van der Waals surface area contributed by atoms with Crippen molar-refractivity contribution in [3.8, 4) is 0 Å². The van der Waals surface area contributed by atoms with E-state index in [0.29, 0.717) is 4.75 Å². The third-order valence-electron chi connectivity index (χ3n) is 11.0. The van der Waals surface area contributed by atoms with Crippen molar-refractivity contribution in [1.82, 2.24) is 0 Å². The van der Waals surface area contributed by atoms with Gasteiger partial charge in [-0.1, -0.05) is 0 Å². The highest BCUT2D eigenvalue weighted by Crippen LogP contribution is 3.29. The van der Waals surface area contributed by atoms with E-state index in [-0.39, 0.29) is 0 Å². The molecule has 0 heterocycles. The van der Waals surface area contributed by atoms with Crippen molar-refractivity contribution >= 4 is 12.6 Å². The Hall–Kier alpha value is 0.350. The highest BCUT2D eigenvalue weighted by Gasteiger charge is 3.28. The Morgan fingerprint density at radius 1 is 0.875 bits per heavy atom. The van der Waals surface area contributed by atoms with Gasteiger partial charge in [0.05, 0.1) is 0 Å². The highest BCUT2D eigenvalue weighted by atomic mass is 32.1. The summed E-state index contributed by atoms with van der Waals surface area (Å²) >= 11 is 5.42. The third kappa shape index (κ3) is 0.177. The Bertz CT molecular complexity index is 595. The maximum atomic E-state index is 5.42. The zero-order chi connectivity index (χ0) is 9.66. The minimum Gasteiger partial charge on any atom is -0.171 e. The van der Waals surface area contributed by atoms with Gasteiger partial charge < -0.3 is 0 Å². The first-order valence-corrected chi connectivity index (χ1v) is 7.96. The number of thiol groups is 1. The monoisotopic (exact) mass is 226 g/mol. The summed E-state index contributed by atoms with van der Waals surface area (Å²) in [5, 5.41) is 0. The fourth-order valence-corrected chi connectivity index (χ4v) is 13.8. The maximum Gasteiger partial charge on any atom is 0.0304 e. The summed E-state index contributed by atoms with van der Waals surface area (Å²) in [6, 6.07) is 0. The summed E-state index contributed by atoms with van der Waals surface area (Å²) < 4.78 is 0.647. The van der Waals surface area contributed by atoms with Crippen molar-refractivity contribution in [3.63, 3.8) is 0 Å². The molecule has 0 saturated heterocycles. The summed E-state index contributed by atoms with van der Waals surface area (Å²) in [6.07, 6.45) is 5.01. The first kappa shape index (κ1) is 6.50. The topological polar surface area (TPSA) is 0 Å². The van der Waals surface area contributed by atoms with E-state index in [1.54, 1.807) is 19.3 Å². The predicted octanol–water partition coefficient (Wildman–Crippen LogP) is 2.21. The quantitative estimate of drug-likeness (QED) is 0.602. The van der Waals surface area contributed by atoms with Crippen molar-refractivity contribution in [2.24, 2.45) is 63.1 Å². The van der Waals surface area contributed by atoms with Crippen LogP contribution in [0.5, 0.6) is 0 Å². The lowest BCUT2D eigenvalue weighted by atomic mass is 8.88. The molecule has 0 aromatic carbocycles. The molecule has 0 nitrogen and oxygen atoms in total. The zero-order valence-corrected chi connectivity index (χ0v) is 10.0. The fourth-order valence-electron chi connectivity index (χ4n) is 12.4. The average Bonchev–Trinajstić information content (AvgIpc) is 2.82. The molecule has 0 bridgehead atoms. The van der Waals surface area contributed by atoms with Crippen LogP contribution in [0.3, 0.4) is 0 Å². The van der Waals surface area contributed by atoms with Gasteiger partial charge in [-0.15, -0.1) is 0 Å². The van der Waals surface area contributed by atoms with Crippen LogP contribution >= 0.6 is 12.6 Å². The minimum absolute atomic E-state index is 0.647. The lowest BCUT2D eigenvalue weighted by Crippen LogP contribution is -3.16. The Morgan fingerprint density at radius 3 is 2.56 bits per heavy atom. The second kappa shape index (κ2) is 1.07. The molecule has 0 aromatic rings.